The topological polar surface area (TPSA) is 17.1 Å². The number of alkyl halides is 3. The van der Waals surface area contributed by atoms with Gasteiger partial charge in [-0.25, -0.2) is 0 Å². The fourth-order valence-electron chi connectivity index (χ4n) is 1.50. The summed E-state index contributed by atoms with van der Waals surface area (Å²) in [5.41, 5.74) is -0.802. The van der Waals surface area contributed by atoms with Crippen LogP contribution >= 0.6 is 0 Å². The first-order valence-electron chi connectivity index (χ1n) is 5.51. The Hall–Kier alpha value is -1.26. The predicted molar refractivity (Wildman–Crippen MR) is 65.0 cm³/mol. The summed E-state index contributed by atoms with van der Waals surface area (Å²) in [6.07, 6.45) is -4.77. The van der Waals surface area contributed by atoms with E-state index in [0.29, 0.717) is 5.56 Å². The van der Waals surface area contributed by atoms with E-state index in [4.69, 9.17) is 7.85 Å². The second-order valence-corrected chi connectivity index (χ2v) is 5.17. The molecule has 0 aliphatic rings. The molecule has 1 aromatic carbocycles. The first-order chi connectivity index (χ1) is 8.05. The van der Waals surface area contributed by atoms with Crippen LogP contribution in [-0.2, 0) is 11.6 Å². The van der Waals surface area contributed by atoms with Gasteiger partial charge in [-0.05, 0) is 35.5 Å². The van der Waals surface area contributed by atoms with Crippen LogP contribution in [0, 0.1) is 0 Å². The van der Waals surface area contributed by atoms with E-state index >= 15 is 0 Å². The molecular formula is C13H14BF3O. The lowest BCUT2D eigenvalue weighted by Gasteiger charge is -2.21. The van der Waals surface area contributed by atoms with Crippen LogP contribution in [0.1, 0.15) is 42.3 Å². The average molecular weight is 254 g/mol. The van der Waals surface area contributed by atoms with Gasteiger partial charge in [-0.3, -0.25) is 4.79 Å². The Bertz CT molecular complexity index is 426. The number of hydrogen-bond acceptors (Lipinski definition) is 1. The van der Waals surface area contributed by atoms with Gasteiger partial charge < -0.3 is 0 Å². The molecule has 1 rings (SSSR count). The standard InChI is InChI=1S/C13H14BF3O/c1-12(2,3)9-4-8(11(18)7-14)5-10(6-9)13(15,16)17/h4-6H,7H2,1-3H3. The number of halogens is 3. The van der Waals surface area contributed by atoms with E-state index in [1.165, 1.54) is 6.07 Å². The molecule has 1 nitrogen and oxygen atoms in total. The zero-order valence-corrected chi connectivity index (χ0v) is 10.6. The summed E-state index contributed by atoms with van der Waals surface area (Å²) in [4.78, 5) is 11.5. The highest BCUT2D eigenvalue weighted by Crippen LogP contribution is 2.34. The summed E-state index contributed by atoms with van der Waals surface area (Å²) in [6.45, 7) is 5.37. The molecule has 0 saturated carbocycles. The van der Waals surface area contributed by atoms with Crippen molar-refractivity contribution < 1.29 is 18.0 Å². The molecule has 0 saturated heterocycles. The number of rotatable bonds is 2. The van der Waals surface area contributed by atoms with Crippen molar-refractivity contribution in [3.63, 3.8) is 0 Å². The lowest BCUT2D eigenvalue weighted by Crippen LogP contribution is -2.16. The van der Waals surface area contributed by atoms with E-state index in [9.17, 15) is 18.0 Å². The highest BCUT2D eigenvalue weighted by Gasteiger charge is 2.32. The van der Waals surface area contributed by atoms with Gasteiger partial charge in [0.15, 0.2) is 5.78 Å². The molecule has 0 bridgehead atoms. The molecule has 0 atom stereocenters. The summed E-state index contributed by atoms with van der Waals surface area (Å²) < 4.78 is 38.3. The number of benzene rings is 1. The van der Waals surface area contributed by atoms with Gasteiger partial charge in [-0.2, -0.15) is 13.2 Å². The zero-order valence-electron chi connectivity index (χ0n) is 10.6. The third-order valence-electron chi connectivity index (χ3n) is 2.63. The third kappa shape index (κ3) is 3.37. The molecule has 96 valence electrons. The van der Waals surface area contributed by atoms with Gasteiger partial charge in [0.05, 0.1) is 13.4 Å². The maximum atomic E-state index is 12.8. The molecule has 0 aromatic heterocycles. The van der Waals surface area contributed by atoms with Crippen molar-refractivity contribution >= 4 is 13.6 Å². The zero-order chi connectivity index (χ0) is 14.1. The molecule has 1 aromatic rings. The fraction of sp³-hybridized carbons (Fsp3) is 0.462. The Morgan fingerprint density at radius 2 is 1.61 bits per heavy atom. The highest BCUT2D eigenvalue weighted by atomic mass is 19.4. The van der Waals surface area contributed by atoms with Crippen LogP contribution in [0.5, 0.6) is 0 Å². The quantitative estimate of drug-likeness (QED) is 0.579. The van der Waals surface area contributed by atoms with Crippen LogP contribution < -0.4 is 0 Å². The van der Waals surface area contributed by atoms with Crippen LogP contribution in [-0.4, -0.2) is 13.6 Å². The smallest absolute Gasteiger partial charge is 0.295 e. The van der Waals surface area contributed by atoms with E-state index in [-0.39, 0.29) is 11.9 Å². The van der Waals surface area contributed by atoms with E-state index < -0.39 is 22.9 Å². The van der Waals surface area contributed by atoms with Crippen LogP contribution in [0.3, 0.4) is 0 Å². The monoisotopic (exact) mass is 254 g/mol. The Morgan fingerprint density at radius 3 is 2.00 bits per heavy atom. The number of ketones is 1. The van der Waals surface area contributed by atoms with Gasteiger partial charge in [0.1, 0.15) is 0 Å². The summed E-state index contributed by atoms with van der Waals surface area (Å²) >= 11 is 0. The lowest BCUT2D eigenvalue weighted by molar-refractivity contribution is -0.137. The van der Waals surface area contributed by atoms with Crippen molar-refractivity contribution in [3.05, 3.63) is 34.9 Å². The van der Waals surface area contributed by atoms with Gasteiger partial charge in [-0.1, -0.05) is 20.8 Å². The van der Waals surface area contributed by atoms with Gasteiger partial charge in [-0.15, -0.1) is 0 Å². The molecule has 0 amide bonds. The molecule has 5 heteroatoms. The molecule has 0 unspecified atom stereocenters. The predicted octanol–water partition coefficient (Wildman–Crippen LogP) is 3.77. The van der Waals surface area contributed by atoms with E-state index in [1.54, 1.807) is 20.8 Å². The summed E-state index contributed by atoms with van der Waals surface area (Å²) in [7, 11) is 5.19. The SMILES string of the molecule is [B]CC(=O)c1cc(C(C)(C)C)cc(C(F)(F)F)c1. The van der Waals surface area contributed by atoms with E-state index in [2.05, 4.69) is 0 Å². The lowest BCUT2D eigenvalue weighted by atomic mass is 9.83. The third-order valence-corrected chi connectivity index (χ3v) is 2.63. The summed E-state index contributed by atoms with van der Waals surface area (Å²) in [5, 5.41) is 0. The highest BCUT2D eigenvalue weighted by molar-refractivity contribution is 6.24. The molecule has 0 heterocycles. The van der Waals surface area contributed by atoms with Gasteiger partial charge in [0, 0.05) is 5.56 Å². The maximum Gasteiger partial charge on any atom is 0.416 e. The van der Waals surface area contributed by atoms with Crippen molar-refractivity contribution in [2.24, 2.45) is 0 Å². The molecule has 0 fully saturated rings. The summed E-state index contributed by atoms with van der Waals surface area (Å²) in [5.74, 6) is -0.494. The van der Waals surface area contributed by atoms with Gasteiger partial charge in [0.25, 0.3) is 0 Å². The number of carbonyl (C=O) groups excluding carboxylic acids is 1. The number of hydrogen-bond donors (Lipinski definition) is 0. The maximum absolute atomic E-state index is 12.8. The van der Waals surface area contributed by atoms with Crippen LogP contribution in [0.25, 0.3) is 0 Å². The molecule has 0 N–H and O–H groups in total. The molecule has 0 aliphatic heterocycles. The Balaban J connectivity index is 3.44. The minimum Gasteiger partial charge on any atom is -0.295 e. The molecule has 2 radical (unpaired) electrons. The molecule has 0 spiro atoms. The second-order valence-electron chi connectivity index (χ2n) is 5.17. The minimum absolute atomic E-state index is 0.0113. The number of carbonyl (C=O) groups is 1. The van der Waals surface area contributed by atoms with Gasteiger partial charge in [0.2, 0.25) is 0 Å². The Labute approximate surface area is 106 Å². The summed E-state index contributed by atoms with van der Waals surface area (Å²) in [6, 6.07) is 3.40. The Kier molecular flexibility index (Phi) is 3.94. The first kappa shape index (κ1) is 14.8. The average Bonchev–Trinajstić information content (AvgIpc) is 2.25. The second kappa shape index (κ2) is 4.79. The number of Topliss-reactive ketones (excluding diaryl/α,β-unsaturated/α-hetero) is 1. The van der Waals surface area contributed by atoms with E-state index in [1.807, 2.05) is 0 Å². The minimum atomic E-state index is -4.47. The first-order valence-corrected chi connectivity index (χ1v) is 5.51. The normalized spacial score (nSPS) is 12.6. The van der Waals surface area contributed by atoms with Crippen molar-refractivity contribution in [1.29, 1.82) is 0 Å². The van der Waals surface area contributed by atoms with E-state index in [0.717, 1.165) is 12.1 Å². The molecular weight excluding hydrogens is 240 g/mol. The molecule has 18 heavy (non-hydrogen) atoms. The fourth-order valence-corrected chi connectivity index (χ4v) is 1.50. The van der Waals surface area contributed by atoms with Crippen molar-refractivity contribution in [2.45, 2.75) is 38.7 Å². The van der Waals surface area contributed by atoms with Crippen LogP contribution in [0.4, 0.5) is 13.2 Å². The van der Waals surface area contributed by atoms with Crippen LogP contribution in [0.2, 0.25) is 6.32 Å². The Morgan fingerprint density at radius 1 is 1.11 bits per heavy atom. The van der Waals surface area contributed by atoms with Crippen molar-refractivity contribution in [3.8, 4) is 0 Å². The van der Waals surface area contributed by atoms with Crippen LogP contribution in [0.15, 0.2) is 18.2 Å². The van der Waals surface area contributed by atoms with Crippen molar-refractivity contribution in [2.75, 3.05) is 0 Å². The molecule has 0 aliphatic carbocycles. The van der Waals surface area contributed by atoms with Gasteiger partial charge >= 0.3 is 6.18 Å². The van der Waals surface area contributed by atoms with Crippen molar-refractivity contribution in [1.82, 2.24) is 0 Å². The largest absolute Gasteiger partial charge is 0.416 e.